The highest BCUT2D eigenvalue weighted by Crippen LogP contribution is 2.34. The van der Waals surface area contributed by atoms with E-state index < -0.39 is 10.8 Å². The molecule has 2 saturated heterocycles. The van der Waals surface area contributed by atoms with Crippen molar-refractivity contribution in [3.8, 4) is 0 Å². The molecule has 158 valence electrons. The fourth-order valence-electron chi connectivity index (χ4n) is 4.60. The average Bonchev–Trinajstić information content (AvgIpc) is 2.75. The van der Waals surface area contributed by atoms with E-state index in [0.29, 0.717) is 0 Å². The summed E-state index contributed by atoms with van der Waals surface area (Å²) in [6, 6.07) is 8.25. The summed E-state index contributed by atoms with van der Waals surface area (Å²) in [5.74, 6) is 2.55. The molecule has 3 heterocycles. The molecule has 1 aromatic heterocycles. The van der Waals surface area contributed by atoms with Gasteiger partial charge in [-0.3, -0.25) is 4.21 Å². The molecule has 2 aliphatic rings. The first-order valence-corrected chi connectivity index (χ1v) is 11.9. The quantitative estimate of drug-likeness (QED) is 0.766. The van der Waals surface area contributed by atoms with Gasteiger partial charge in [-0.1, -0.05) is 0 Å². The molecule has 2 fully saturated rings. The number of aryl methyl sites for hydroxylation is 1. The molecule has 6 nitrogen and oxygen atoms in total. The molecular weight excluding hydrogens is 384 g/mol. The van der Waals surface area contributed by atoms with E-state index in [1.807, 2.05) is 31.5 Å². The monoisotopic (exact) mass is 416 g/mol. The fourth-order valence-corrected chi connectivity index (χ4v) is 5.12. The van der Waals surface area contributed by atoms with Crippen LogP contribution in [-0.2, 0) is 10.8 Å². The van der Waals surface area contributed by atoms with Gasteiger partial charge in [0.1, 0.15) is 0 Å². The molecule has 0 saturated carbocycles. The Morgan fingerprint density at radius 1 is 0.862 bits per heavy atom. The van der Waals surface area contributed by atoms with Crippen molar-refractivity contribution < 1.29 is 9.69 Å². The van der Waals surface area contributed by atoms with Crippen LogP contribution in [0.1, 0.15) is 31.2 Å². The highest BCUT2D eigenvalue weighted by Gasteiger charge is 2.30. The SMILES string of the molecule is Cc1cnc(N2CCC(C3CCN(c4ccc(S(C)=O)cc4)CC3)CC2)nc1.O. The van der Waals surface area contributed by atoms with Crippen LogP contribution >= 0.6 is 0 Å². The van der Waals surface area contributed by atoms with Crippen LogP contribution in [0, 0.1) is 18.8 Å². The van der Waals surface area contributed by atoms with Gasteiger partial charge in [0.05, 0.1) is 0 Å². The van der Waals surface area contributed by atoms with Gasteiger partial charge in [-0.25, -0.2) is 9.97 Å². The Hall–Kier alpha value is -1.99. The summed E-state index contributed by atoms with van der Waals surface area (Å²) in [7, 11) is -0.901. The molecule has 2 aromatic rings. The summed E-state index contributed by atoms with van der Waals surface area (Å²) in [6.45, 7) is 6.43. The Morgan fingerprint density at radius 2 is 1.34 bits per heavy atom. The van der Waals surface area contributed by atoms with Gasteiger partial charge in [0.2, 0.25) is 5.95 Å². The molecule has 1 atom stereocenters. The summed E-state index contributed by atoms with van der Waals surface area (Å²) >= 11 is 0. The molecule has 0 radical (unpaired) electrons. The van der Waals surface area contributed by atoms with E-state index in [2.05, 4.69) is 31.9 Å². The lowest BCUT2D eigenvalue weighted by atomic mass is 9.79. The largest absolute Gasteiger partial charge is 0.412 e. The maximum absolute atomic E-state index is 11.6. The molecule has 0 bridgehead atoms. The first-order valence-electron chi connectivity index (χ1n) is 10.3. The molecule has 29 heavy (non-hydrogen) atoms. The second-order valence-corrected chi connectivity index (χ2v) is 9.54. The third-order valence-electron chi connectivity index (χ3n) is 6.33. The van der Waals surface area contributed by atoms with Gasteiger partial charge in [0.15, 0.2) is 0 Å². The van der Waals surface area contributed by atoms with E-state index in [1.165, 1.54) is 31.4 Å². The van der Waals surface area contributed by atoms with Crippen LogP contribution in [0.4, 0.5) is 11.6 Å². The second kappa shape index (κ2) is 9.67. The van der Waals surface area contributed by atoms with Crippen LogP contribution in [0.5, 0.6) is 0 Å². The third-order valence-corrected chi connectivity index (χ3v) is 7.27. The molecular formula is C22H32N4O2S. The van der Waals surface area contributed by atoms with Crippen molar-refractivity contribution in [3.05, 3.63) is 42.2 Å². The smallest absolute Gasteiger partial charge is 0.225 e. The first kappa shape index (κ1) is 21.7. The minimum atomic E-state index is -0.901. The van der Waals surface area contributed by atoms with Gasteiger partial charge in [-0.15, -0.1) is 0 Å². The Bertz CT molecular complexity index is 797. The van der Waals surface area contributed by atoms with Gasteiger partial charge in [-0.2, -0.15) is 0 Å². The highest BCUT2D eigenvalue weighted by atomic mass is 32.2. The predicted octanol–water partition coefficient (Wildman–Crippen LogP) is 2.83. The lowest BCUT2D eigenvalue weighted by molar-refractivity contribution is 0.232. The summed E-state index contributed by atoms with van der Waals surface area (Å²) in [6.07, 6.45) is 10.6. The number of aromatic nitrogens is 2. The first-order chi connectivity index (χ1) is 13.6. The lowest BCUT2D eigenvalue weighted by Crippen LogP contribution is -2.41. The number of benzene rings is 1. The number of nitrogens with zero attached hydrogens (tertiary/aromatic N) is 4. The maximum atomic E-state index is 11.6. The zero-order chi connectivity index (χ0) is 19.5. The Morgan fingerprint density at radius 3 is 1.83 bits per heavy atom. The molecule has 1 aromatic carbocycles. The van der Waals surface area contributed by atoms with Gasteiger partial charge < -0.3 is 15.3 Å². The summed E-state index contributed by atoms with van der Waals surface area (Å²) in [5, 5.41) is 0. The van der Waals surface area contributed by atoms with Gasteiger partial charge in [-0.05, 0) is 74.3 Å². The van der Waals surface area contributed by atoms with Crippen molar-refractivity contribution in [1.29, 1.82) is 0 Å². The summed E-state index contributed by atoms with van der Waals surface area (Å²) in [4.78, 5) is 14.7. The summed E-state index contributed by atoms with van der Waals surface area (Å²) < 4.78 is 11.6. The number of hydrogen-bond donors (Lipinski definition) is 0. The predicted molar refractivity (Wildman–Crippen MR) is 119 cm³/mol. The number of piperidine rings is 2. The van der Waals surface area contributed by atoms with E-state index >= 15 is 0 Å². The number of rotatable bonds is 4. The minimum Gasteiger partial charge on any atom is -0.412 e. The topological polar surface area (TPSA) is 80.8 Å². The van der Waals surface area contributed by atoms with Crippen LogP contribution in [0.25, 0.3) is 0 Å². The number of anilines is 2. The molecule has 7 heteroatoms. The van der Waals surface area contributed by atoms with Gasteiger partial charge in [0, 0.05) is 66.2 Å². The molecule has 1 unspecified atom stereocenters. The zero-order valence-corrected chi connectivity index (χ0v) is 18.2. The van der Waals surface area contributed by atoms with Crippen molar-refractivity contribution in [2.75, 3.05) is 42.2 Å². The van der Waals surface area contributed by atoms with Gasteiger partial charge in [0.25, 0.3) is 0 Å². The van der Waals surface area contributed by atoms with E-state index in [0.717, 1.165) is 54.4 Å². The van der Waals surface area contributed by atoms with E-state index in [4.69, 9.17) is 0 Å². The van der Waals surface area contributed by atoms with Crippen molar-refractivity contribution >= 4 is 22.4 Å². The van der Waals surface area contributed by atoms with Gasteiger partial charge >= 0.3 is 0 Å². The van der Waals surface area contributed by atoms with E-state index in [-0.39, 0.29) is 5.48 Å². The zero-order valence-electron chi connectivity index (χ0n) is 17.4. The normalized spacial score (nSPS) is 19.7. The Balaban J connectivity index is 0.00000240. The van der Waals surface area contributed by atoms with E-state index in [9.17, 15) is 4.21 Å². The molecule has 0 spiro atoms. The molecule has 2 N–H and O–H groups in total. The van der Waals surface area contributed by atoms with E-state index in [1.54, 1.807) is 6.26 Å². The van der Waals surface area contributed by atoms with Crippen LogP contribution in [-0.4, -0.2) is 52.1 Å². The van der Waals surface area contributed by atoms with Crippen LogP contribution < -0.4 is 9.80 Å². The number of hydrogen-bond acceptors (Lipinski definition) is 5. The molecule has 2 aliphatic heterocycles. The maximum Gasteiger partial charge on any atom is 0.225 e. The molecule has 4 rings (SSSR count). The highest BCUT2D eigenvalue weighted by molar-refractivity contribution is 7.84. The van der Waals surface area contributed by atoms with Crippen molar-refractivity contribution in [2.45, 2.75) is 37.5 Å². The lowest BCUT2D eigenvalue weighted by Gasteiger charge is -2.40. The fraction of sp³-hybridized carbons (Fsp3) is 0.545. The van der Waals surface area contributed by atoms with Crippen LogP contribution in [0.15, 0.2) is 41.6 Å². The van der Waals surface area contributed by atoms with Crippen molar-refractivity contribution in [3.63, 3.8) is 0 Å². The Labute approximate surface area is 176 Å². The van der Waals surface area contributed by atoms with Crippen LogP contribution in [0.2, 0.25) is 0 Å². The second-order valence-electron chi connectivity index (χ2n) is 8.16. The molecule has 0 aliphatic carbocycles. The van der Waals surface area contributed by atoms with Crippen molar-refractivity contribution in [1.82, 2.24) is 9.97 Å². The minimum absolute atomic E-state index is 0. The Kier molecular flexibility index (Phi) is 7.24. The summed E-state index contributed by atoms with van der Waals surface area (Å²) in [5.41, 5.74) is 2.38. The average molecular weight is 417 g/mol. The van der Waals surface area contributed by atoms with Crippen LogP contribution in [0.3, 0.4) is 0 Å². The third kappa shape index (κ3) is 5.14. The standard InChI is InChI=1S/C22H30N4OS.H2O/c1-17-15-23-22(24-16-17)26-13-9-19(10-14-26)18-7-11-25(12-8-18)20-3-5-21(6-4-20)28(2)27;/h3-6,15-16,18-19H,7-14H2,1-2H3;1H2. The molecule has 0 amide bonds. The van der Waals surface area contributed by atoms with Crippen molar-refractivity contribution in [2.24, 2.45) is 11.8 Å².